The standard InChI is InChI=1S/C18H16B5ClO/c19-13-12(14(20)16(22)17(23)15(13)21)10-6-7(24)5-9-8-3-1-2-4-11(8)25-18(9)10/h1-6H,19-23H2. The molecule has 0 amide bonds. The van der Waals surface area contributed by atoms with Crippen molar-refractivity contribution in [2.45, 2.75) is 0 Å². The van der Waals surface area contributed by atoms with Gasteiger partial charge in [-0.15, -0.1) is 16.4 Å². The maximum absolute atomic E-state index is 6.50. The molecule has 3 aromatic carbocycles. The third-order valence-corrected chi connectivity index (χ3v) is 5.93. The smallest absolute Gasteiger partial charge is 0.143 e. The summed E-state index contributed by atoms with van der Waals surface area (Å²) in [4.78, 5) is 0. The minimum absolute atomic E-state index is 0.740. The van der Waals surface area contributed by atoms with E-state index in [9.17, 15) is 0 Å². The zero-order valence-corrected chi connectivity index (χ0v) is 16.0. The SMILES string of the molecule is Bc1c(B)c(B)c(-c2cc(Cl)cc3c2oc2ccccc23)c(B)c1B. The van der Waals surface area contributed by atoms with Crippen LogP contribution < -0.4 is 27.3 Å². The zero-order valence-electron chi connectivity index (χ0n) is 15.3. The quantitative estimate of drug-likeness (QED) is 0.342. The molecule has 1 aromatic heterocycles. The van der Waals surface area contributed by atoms with Gasteiger partial charge in [-0.3, -0.25) is 0 Å². The molecule has 0 saturated carbocycles. The van der Waals surface area contributed by atoms with E-state index in [1.807, 2.05) is 30.3 Å². The van der Waals surface area contributed by atoms with Gasteiger partial charge >= 0.3 is 0 Å². The highest BCUT2D eigenvalue weighted by molar-refractivity contribution is 6.68. The summed E-state index contributed by atoms with van der Waals surface area (Å²) in [6.45, 7) is 0. The Morgan fingerprint density at radius 1 is 0.720 bits per heavy atom. The Morgan fingerprint density at radius 3 is 2.00 bits per heavy atom. The second-order valence-electron chi connectivity index (χ2n) is 6.93. The fourth-order valence-corrected chi connectivity index (χ4v) is 4.10. The number of furan rings is 1. The molecule has 25 heavy (non-hydrogen) atoms. The topological polar surface area (TPSA) is 13.1 Å². The lowest BCUT2D eigenvalue weighted by Gasteiger charge is -2.20. The molecule has 0 N–H and O–H groups in total. The van der Waals surface area contributed by atoms with Crippen molar-refractivity contribution >= 4 is 100 Å². The lowest BCUT2D eigenvalue weighted by molar-refractivity contribution is 0.670. The van der Waals surface area contributed by atoms with Crippen molar-refractivity contribution < 1.29 is 4.42 Å². The van der Waals surface area contributed by atoms with Crippen LogP contribution in [0.5, 0.6) is 0 Å². The number of hydrogen-bond acceptors (Lipinski definition) is 1. The molecule has 0 aliphatic heterocycles. The van der Waals surface area contributed by atoms with Crippen molar-refractivity contribution in [2.24, 2.45) is 0 Å². The Balaban J connectivity index is 2.19. The predicted octanol–water partition coefficient (Wildman–Crippen LogP) is -2.80. The van der Waals surface area contributed by atoms with Crippen LogP contribution in [0.25, 0.3) is 33.1 Å². The van der Waals surface area contributed by atoms with Gasteiger partial charge in [0.15, 0.2) is 0 Å². The molecule has 1 nitrogen and oxygen atoms in total. The molecule has 7 heteroatoms. The fourth-order valence-electron chi connectivity index (χ4n) is 3.88. The van der Waals surface area contributed by atoms with Crippen LogP contribution in [-0.4, -0.2) is 39.2 Å². The first-order valence-corrected chi connectivity index (χ1v) is 8.96. The van der Waals surface area contributed by atoms with E-state index in [4.69, 9.17) is 16.0 Å². The van der Waals surface area contributed by atoms with Crippen molar-refractivity contribution in [2.75, 3.05) is 0 Å². The third kappa shape index (κ3) is 2.38. The van der Waals surface area contributed by atoms with E-state index < -0.39 is 0 Å². The third-order valence-electron chi connectivity index (χ3n) is 5.71. The molecule has 0 aliphatic carbocycles. The maximum Gasteiger partial charge on any atom is 0.143 e. The lowest BCUT2D eigenvalue weighted by atomic mass is 9.59. The maximum atomic E-state index is 6.50. The first kappa shape index (κ1) is 16.5. The minimum Gasteiger partial charge on any atom is -0.455 e. The molecule has 0 bridgehead atoms. The van der Waals surface area contributed by atoms with Gasteiger partial charge in [0.05, 0.1) is 0 Å². The van der Waals surface area contributed by atoms with E-state index in [1.165, 1.54) is 32.9 Å². The Kier molecular flexibility index (Phi) is 3.84. The molecule has 0 spiro atoms. The second kappa shape index (κ2) is 5.81. The van der Waals surface area contributed by atoms with Crippen LogP contribution in [0.1, 0.15) is 0 Å². The summed E-state index contributed by atoms with van der Waals surface area (Å²) in [6, 6.07) is 12.2. The molecule has 0 saturated heterocycles. The molecular weight excluding hydrogens is 322 g/mol. The van der Waals surface area contributed by atoms with E-state index in [2.05, 4.69) is 45.3 Å². The molecule has 0 atom stereocenters. The van der Waals surface area contributed by atoms with Gasteiger partial charge in [-0.25, -0.2) is 0 Å². The molecule has 0 fully saturated rings. The summed E-state index contributed by atoms with van der Waals surface area (Å²) in [5, 5.41) is 2.92. The second-order valence-corrected chi connectivity index (χ2v) is 7.36. The van der Waals surface area contributed by atoms with Crippen LogP contribution in [-0.2, 0) is 0 Å². The summed E-state index contributed by atoms with van der Waals surface area (Å²) in [7, 11) is 11.0. The first-order chi connectivity index (χ1) is 11.9. The highest BCUT2D eigenvalue weighted by Gasteiger charge is 2.19. The highest BCUT2D eigenvalue weighted by Crippen LogP contribution is 2.36. The molecular formula is C18H16B5ClO. The molecule has 0 unspecified atom stereocenters. The summed E-state index contributed by atoms with van der Waals surface area (Å²) < 4.78 is 6.25. The first-order valence-electron chi connectivity index (χ1n) is 8.58. The van der Waals surface area contributed by atoms with Gasteiger partial charge in [0.2, 0.25) is 0 Å². The van der Waals surface area contributed by atoms with E-state index >= 15 is 0 Å². The molecule has 0 radical (unpaired) electrons. The number of benzene rings is 3. The minimum atomic E-state index is 0.740. The van der Waals surface area contributed by atoms with Crippen molar-refractivity contribution in [3.8, 4) is 11.1 Å². The molecule has 4 rings (SSSR count). The van der Waals surface area contributed by atoms with Crippen molar-refractivity contribution in [3.05, 3.63) is 41.4 Å². The van der Waals surface area contributed by atoms with Crippen LogP contribution in [0.3, 0.4) is 0 Å². The largest absolute Gasteiger partial charge is 0.455 e. The van der Waals surface area contributed by atoms with Gasteiger partial charge in [0.25, 0.3) is 0 Å². The van der Waals surface area contributed by atoms with Crippen LogP contribution >= 0.6 is 11.6 Å². The molecule has 1 heterocycles. The Bertz CT molecular complexity index is 1140. The van der Waals surface area contributed by atoms with Gasteiger partial charge in [-0.1, -0.05) is 40.7 Å². The predicted molar refractivity (Wildman–Crippen MR) is 125 cm³/mol. The van der Waals surface area contributed by atoms with Crippen LogP contribution in [0.15, 0.2) is 40.8 Å². The summed E-state index contributed by atoms with van der Waals surface area (Å²) in [5.74, 6) is 0. The summed E-state index contributed by atoms with van der Waals surface area (Å²) in [5.41, 5.74) is 10.8. The van der Waals surface area contributed by atoms with Gasteiger partial charge in [0.1, 0.15) is 50.4 Å². The average Bonchev–Trinajstić information content (AvgIpc) is 2.97. The summed E-state index contributed by atoms with van der Waals surface area (Å²) >= 11 is 6.50. The fraction of sp³-hybridized carbons (Fsp3) is 0. The molecule has 4 aromatic rings. The normalized spacial score (nSPS) is 11.4. The van der Waals surface area contributed by atoms with Crippen LogP contribution in [0.2, 0.25) is 5.02 Å². The molecule has 116 valence electrons. The Labute approximate surface area is 157 Å². The Hall–Kier alpha value is -1.93. The van der Waals surface area contributed by atoms with Crippen LogP contribution in [0.4, 0.5) is 0 Å². The average molecular weight is 338 g/mol. The van der Waals surface area contributed by atoms with Crippen molar-refractivity contribution in [1.82, 2.24) is 0 Å². The van der Waals surface area contributed by atoms with Gasteiger partial charge in [0, 0.05) is 21.4 Å². The van der Waals surface area contributed by atoms with Crippen molar-refractivity contribution in [1.29, 1.82) is 0 Å². The van der Waals surface area contributed by atoms with Crippen molar-refractivity contribution in [3.63, 3.8) is 0 Å². The van der Waals surface area contributed by atoms with Gasteiger partial charge < -0.3 is 4.42 Å². The number of fused-ring (bicyclic) bond motifs is 3. The van der Waals surface area contributed by atoms with E-state index in [0.29, 0.717) is 0 Å². The number of para-hydroxylation sites is 1. The van der Waals surface area contributed by atoms with Gasteiger partial charge in [-0.05, 0) is 23.8 Å². The zero-order chi connectivity index (χ0) is 17.9. The number of hydrogen-bond donors (Lipinski definition) is 0. The van der Waals surface area contributed by atoms with E-state index in [-0.39, 0.29) is 0 Å². The lowest BCUT2D eigenvalue weighted by Crippen LogP contribution is -2.55. The van der Waals surface area contributed by atoms with Crippen LogP contribution in [0, 0.1) is 0 Å². The molecule has 0 aliphatic rings. The number of halogens is 1. The van der Waals surface area contributed by atoms with Gasteiger partial charge in [-0.2, -0.15) is 0 Å². The highest BCUT2D eigenvalue weighted by atomic mass is 35.5. The monoisotopic (exact) mass is 338 g/mol. The van der Waals surface area contributed by atoms with E-state index in [1.54, 1.807) is 0 Å². The Morgan fingerprint density at radius 2 is 1.32 bits per heavy atom. The number of rotatable bonds is 1. The van der Waals surface area contributed by atoms with E-state index in [0.717, 1.165) is 32.5 Å². The summed E-state index contributed by atoms with van der Waals surface area (Å²) in [6.07, 6.45) is 0.